The molecule has 0 radical (unpaired) electrons. The molecule has 0 aliphatic rings. The topological polar surface area (TPSA) is 20.2 Å². The molecule has 2 rings (SSSR count). The first kappa shape index (κ1) is 14.1. The lowest BCUT2D eigenvalue weighted by Gasteiger charge is -2.16. The van der Waals surface area contributed by atoms with Crippen LogP contribution in [-0.2, 0) is 6.42 Å². The lowest BCUT2D eigenvalue weighted by Crippen LogP contribution is -2.16. The maximum atomic E-state index is 9.76. The van der Waals surface area contributed by atoms with Crippen LogP contribution >= 0.6 is 0 Å². The molecule has 2 aromatic carbocycles. The molecule has 0 fully saturated rings. The summed E-state index contributed by atoms with van der Waals surface area (Å²) in [6.07, 6.45) is 4.07. The molecule has 0 amide bonds. The maximum Gasteiger partial charge on any atom is 0.0563 e. The molecule has 1 heteroatoms. The van der Waals surface area contributed by atoms with Crippen molar-refractivity contribution in [2.24, 2.45) is 5.92 Å². The van der Waals surface area contributed by atoms with Crippen LogP contribution in [-0.4, -0.2) is 11.2 Å². The van der Waals surface area contributed by atoms with Crippen LogP contribution in [0, 0.1) is 5.92 Å². The Bertz CT molecular complexity index is 518. The van der Waals surface area contributed by atoms with Crippen LogP contribution < -0.4 is 0 Å². The van der Waals surface area contributed by atoms with Gasteiger partial charge in [-0.25, -0.2) is 0 Å². The Kier molecular flexibility index (Phi) is 4.98. The predicted octanol–water partition coefficient (Wildman–Crippen LogP) is 4.57. The third-order valence-electron chi connectivity index (χ3n) is 4.01. The summed E-state index contributed by atoms with van der Waals surface area (Å²) in [6.45, 7) is 4.19. The Hall–Kier alpha value is -1.34. The van der Waals surface area contributed by atoms with Gasteiger partial charge in [0.2, 0.25) is 0 Å². The van der Waals surface area contributed by atoms with Crippen molar-refractivity contribution in [1.29, 1.82) is 0 Å². The molecular formula is C18H24O. The lowest BCUT2D eigenvalue weighted by atomic mass is 9.94. The van der Waals surface area contributed by atoms with Crippen molar-refractivity contribution in [3.05, 3.63) is 48.0 Å². The van der Waals surface area contributed by atoms with Crippen LogP contribution in [0.5, 0.6) is 0 Å². The third kappa shape index (κ3) is 3.81. The fraction of sp³-hybridized carbons (Fsp3) is 0.444. The Morgan fingerprint density at radius 2 is 1.79 bits per heavy atom. The van der Waals surface area contributed by atoms with E-state index < -0.39 is 0 Å². The van der Waals surface area contributed by atoms with E-state index in [1.807, 2.05) is 6.92 Å². The second kappa shape index (κ2) is 6.72. The van der Waals surface area contributed by atoms with Gasteiger partial charge in [-0.15, -0.1) is 0 Å². The minimum absolute atomic E-state index is 0.142. The minimum atomic E-state index is -0.142. The van der Waals surface area contributed by atoms with Crippen LogP contribution in [0.1, 0.15) is 38.7 Å². The molecule has 0 aromatic heterocycles. The van der Waals surface area contributed by atoms with Crippen LogP contribution in [0.25, 0.3) is 10.8 Å². The van der Waals surface area contributed by atoms with Crippen LogP contribution in [0.3, 0.4) is 0 Å². The first-order valence-corrected chi connectivity index (χ1v) is 7.36. The van der Waals surface area contributed by atoms with Gasteiger partial charge in [-0.2, -0.15) is 0 Å². The molecule has 2 unspecified atom stereocenters. The molecule has 2 atom stereocenters. The van der Waals surface area contributed by atoms with E-state index in [1.165, 1.54) is 16.3 Å². The molecule has 0 bridgehead atoms. The van der Waals surface area contributed by atoms with Crippen molar-refractivity contribution in [3.8, 4) is 0 Å². The van der Waals surface area contributed by atoms with Crippen molar-refractivity contribution in [3.63, 3.8) is 0 Å². The molecule has 0 heterocycles. The number of benzene rings is 2. The Labute approximate surface area is 116 Å². The number of hydrogen-bond donors (Lipinski definition) is 1. The molecule has 1 nitrogen and oxygen atoms in total. The fourth-order valence-electron chi connectivity index (χ4n) is 2.62. The number of fused-ring (bicyclic) bond motifs is 1. The zero-order valence-electron chi connectivity index (χ0n) is 12.0. The molecule has 0 spiro atoms. The number of hydrogen-bond acceptors (Lipinski definition) is 1. The summed E-state index contributed by atoms with van der Waals surface area (Å²) < 4.78 is 0. The molecule has 19 heavy (non-hydrogen) atoms. The zero-order chi connectivity index (χ0) is 13.7. The second-order valence-electron chi connectivity index (χ2n) is 5.53. The van der Waals surface area contributed by atoms with Gasteiger partial charge in [0.05, 0.1) is 6.10 Å². The van der Waals surface area contributed by atoms with Gasteiger partial charge in [0, 0.05) is 0 Å². The molecule has 0 aliphatic heterocycles. The average Bonchev–Trinajstić information content (AvgIpc) is 2.46. The summed E-state index contributed by atoms with van der Waals surface area (Å²) in [4.78, 5) is 0. The highest BCUT2D eigenvalue weighted by Gasteiger charge is 2.11. The quantitative estimate of drug-likeness (QED) is 0.802. The lowest BCUT2D eigenvalue weighted by molar-refractivity contribution is 0.107. The van der Waals surface area contributed by atoms with E-state index in [2.05, 4.69) is 49.4 Å². The van der Waals surface area contributed by atoms with Gasteiger partial charge in [-0.05, 0) is 47.9 Å². The molecule has 0 saturated heterocycles. The van der Waals surface area contributed by atoms with E-state index in [4.69, 9.17) is 0 Å². The first-order valence-electron chi connectivity index (χ1n) is 7.36. The highest BCUT2D eigenvalue weighted by Crippen LogP contribution is 2.19. The highest BCUT2D eigenvalue weighted by atomic mass is 16.3. The summed E-state index contributed by atoms with van der Waals surface area (Å²) in [5, 5.41) is 12.4. The van der Waals surface area contributed by atoms with E-state index in [1.54, 1.807) is 0 Å². The molecular weight excluding hydrogens is 232 g/mol. The molecule has 2 aromatic rings. The summed E-state index contributed by atoms with van der Waals surface area (Å²) in [7, 11) is 0. The van der Waals surface area contributed by atoms with Gasteiger partial charge in [-0.1, -0.05) is 56.3 Å². The van der Waals surface area contributed by atoms with E-state index in [-0.39, 0.29) is 6.10 Å². The maximum absolute atomic E-state index is 9.76. The third-order valence-corrected chi connectivity index (χ3v) is 4.01. The van der Waals surface area contributed by atoms with Gasteiger partial charge >= 0.3 is 0 Å². The molecule has 0 saturated carbocycles. The first-order chi connectivity index (χ1) is 9.20. The predicted molar refractivity (Wildman–Crippen MR) is 82.3 cm³/mol. The van der Waals surface area contributed by atoms with E-state index in [0.717, 1.165) is 25.7 Å². The summed E-state index contributed by atoms with van der Waals surface area (Å²) >= 11 is 0. The highest BCUT2D eigenvalue weighted by molar-refractivity contribution is 5.82. The molecule has 102 valence electrons. The van der Waals surface area contributed by atoms with Gasteiger partial charge < -0.3 is 5.11 Å². The van der Waals surface area contributed by atoms with Crippen LogP contribution in [0.15, 0.2) is 42.5 Å². The SMILES string of the molecule is CCC(O)C(C)CCCc1ccc2ccccc2c1. The normalized spacial score (nSPS) is 14.5. The number of rotatable bonds is 6. The molecule has 0 aliphatic carbocycles. The smallest absolute Gasteiger partial charge is 0.0563 e. The van der Waals surface area contributed by atoms with Gasteiger partial charge in [0.1, 0.15) is 0 Å². The Morgan fingerprint density at radius 3 is 2.53 bits per heavy atom. The fourth-order valence-corrected chi connectivity index (χ4v) is 2.62. The summed E-state index contributed by atoms with van der Waals surface area (Å²) in [5.41, 5.74) is 1.40. The monoisotopic (exact) mass is 256 g/mol. The van der Waals surface area contributed by atoms with Crippen molar-refractivity contribution in [2.75, 3.05) is 0 Å². The summed E-state index contributed by atoms with van der Waals surface area (Å²) in [6, 6.07) is 15.2. The number of aliphatic hydroxyl groups excluding tert-OH is 1. The second-order valence-corrected chi connectivity index (χ2v) is 5.53. The van der Waals surface area contributed by atoms with E-state index in [0.29, 0.717) is 5.92 Å². The van der Waals surface area contributed by atoms with E-state index >= 15 is 0 Å². The average molecular weight is 256 g/mol. The van der Waals surface area contributed by atoms with Gasteiger partial charge in [0.25, 0.3) is 0 Å². The van der Waals surface area contributed by atoms with Gasteiger partial charge in [-0.3, -0.25) is 0 Å². The summed E-state index contributed by atoms with van der Waals surface area (Å²) in [5.74, 6) is 0.408. The minimum Gasteiger partial charge on any atom is -0.393 e. The molecule has 1 N–H and O–H groups in total. The van der Waals surface area contributed by atoms with Crippen molar-refractivity contribution < 1.29 is 5.11 Å². The van der Waals surface area contributed by atoms with Crippen molar-refractivity contribution >= 4 is 10.8 Å². The number of aryl methyl sites for hydroxylation is 1. The van der Waals surface area contributed by atoms with Crippen LogP contribution in [0.4, 0.5) is 0 Å². The van der Waals surface area contributed by atoms with Crippen molar-refractivity contribution in [2.45, 2.75) is 45.6 Å². The Balaban J connectivity index is 1.91. The van der Waals surface area contributed by atoms with Crippen molar-refractivity contribution in [1.82, 2.24) is 0 Å². The Morgan fingerprint density at radius 1 is 1.05 bits per heavy atom. The largest absolute Gasteiger partial charge is 0.393 e. The zero-order valence-corrected chi connectivity index (χ0v) is 12.0. The van der Waals surface area contributed by atoms with Crippen LogP contribution in [0.2, 0.25) is 0 Å². The van der Waals surface area contributed by atoms with Gasteiger partial charge in [0.15, 0.2) is 0 Å². The number of aliphatic hydroxyl groups is 1. The standard InChI is InChI=1S/C18H24O/c1-3-18(19)14(2)7-6-8-15-11-12-16-9-4-5-10-17(16)13-15/h4-5,9-14,18-19H,3,6-8H2,1-2H3. The van der Waals surface area contributed by atoms with E-state index in [9.17, 15) is 5.11 Å².